The molecule has 2 aromatic rings. The third kappa shape index (κ3) is 3.32. The molecular formula is C14H16Cl2N4. The van der Waals surface area contributed by atoms with Crippen molar-refractivity contribution in [2.45, 2.75) is 19.8 Å². The zero-order valence-corrected chi connectivity index (χ0v) is 12.9. The molecule has 0 saturated heterocycles. The van der Waals surface area contributed by atoms with Crippen molar-refractivity contribution in [3.8, 4) is 0 Å². The van der Waals surface area contributed by atoms with Gasteiger partial charge in [-0.2, -0.15) is 0 Å². The molecule has 0 aliphatic heterocycles. The van der Waals surface area contributed by atoms with Crippen LogP contribution in [-0.2, 0) is 6.42 Å². The van der Waals surface area contributed by atoms with Gasteiger partial charge in [0, 0.05) is 17.6 Å². The van der Waals surface area contributed by atoms with E-state index in [0.29, 0.717) is 10.0 Å². The summed E-state index contributed by atoms with van der Waals surface area (Å²) in [5.74, 6) is 1.59. The van der Waals surface area contributed by atoms with Crippen LogP contribution in [0.5, 0.6) is 0 Å². The summed E-state index contributed by atoms with van der Waals surface area (Å²) in [7, 11) is 1.85. The van der Waals surface area contributed by atoms with Crippen molar-refractivity contribution in [3.63, 3.8) is 0 Å². The summed E-state index contributed by atoms with van der Waals surface area (Å²) in [5.41, 5.74) is 1.82. The van der Waals surface area contributed by atoms with Gasteiger partial charge in [0.15, 0.2) is 0 Å². The molecule has 0 spiro atoms. The molecule has 0 saturated carbocycles. The Labute approximate surface area is 128 Å². The molecule has 0 fully saturated rings. The number of hydrogen-bond acceptors (Lipinski definition) is 4. The highest BCUT2D eigenvalue weighted by atomic mass is 35.5. The predicted molar refractivity (Wildman–Crippen MR) is 85.3 cm³/mol. The van der Waals surface area contributed by atoms with E-state index in [0.717, 1.165) is 35.7 Å². The monoisotopic (exact) mass is 310 g/mol. The lowest BCUT2D eigenvalue weighted by molar-refractivity contribution is 0.905. The largest absolute Gasteiger partial charge is 0.373 e. The molecule has 2 N–H and O–H groups in total. The van der Waals surface area contributed by atoms with Gasteiger partial charge in [-0.25, -0.2) is 9.97 Å². The predicted octanol–water partition coefficient (Wildman–Crippen LogP) is 4.52. The molecular weight excluding hydrogens is 295 g/mol. The summed E-state index contributed by atoms with van der Waals surface area (Å²) in [5, 5.41) is 7.50. The molecule has 0 bridgehead atoms. The van der Waals surface area contributed by atoms with Gasteiger partial charge in [-0.3, -0.25) is 0 Å². The highest BCUT2D eigenvalue weighted by molar-refractivity contribution is 6.36. The van der Waals surface area contributed by atoms with Crippen molar-refractivity contribution in [1.29, 1.82) is 0 Å². The summed E-state index contributed by atoms with van der Waals surface area (Å²) >= 11 is 12.1. The summed E-state index contributed by atoms with van der Waals surface area (Å²) < 4.78 is 0. The average molecular weight is 311 g/mol. The molecule has 1 heterocycles. The van der Waals surface area contributed by atoms with Crippen LogP contribution in [0, 0.1) is 0 Å². The van der Waals surface area contributed by atoms with Crippen LogP contribution in [0.4, 0.5) is 17.3 Å². The van der Waals surface area contributed by atoms with E-state index in [2.05, 4.69) is 27.5 Å². The lowest BCUT2D eigenvalue weighted by Crippen LogP contribution is -2.05. The fraction of sp³-hybridized carbons (Fsp3) is 0.286. The number of nitrogens with one attached hydrogen (secondary N) is 2. The number of halogens is 2. The number of hydrogen-bond donors (Lipinski definition) is 2. The Balaban J connectivity index is 2.37. The van der Waals surface area contributed by atoms with E-state index in [1.54, 1.807) is 12.1 Å². The molecule has 0 aliphatic rings. The van der Waals surface area contributed by atoms with Crippen LogP contribution < -0.4 is 10.6 Å². The first-order chi connectivity index (χ1) is 9.65. The molecule has 2 rings (SSSR count). The minimum absolute atomic E-state index is 0.560. The van der Waals surface area contributed by atoms with E-state index < -0.39 is 0 Å². The first kappa shape index (κ1) is 14.9. The fourth-order valence-electron chi connectivity index (χ4n) is 1.94. The highest BCUT2D eigenvalue weighted by Crippen LogP contribution is 2.30. The van der Waals surface area contributed by atoms with E-state index >= 15 is 0 Å². The Morgan fingerprint density at radius 1 is 1.15 bits per heavy atom. The molecule has 20 heavy (non-hydrogen) atoms. The van der Waals surface area contributed by atoms with E-state index in [1.807, 2.05) is 13.1 Å². The van der Waals surface area contributed by atoms with Gasteiger partial charge in [-0.05, 0) is 24.6 Å². The summed E-state index contributed by atoms with van der Waals surface area (Å²) in [6.45, 7) is 2.12. The number of nitrogens with zero attached hydrogens (tertiary/aromatic N) is 2. The van der Waals surface area contributed by atoms with Gasteiger partial charge in [0.1, 0.15) is 18.0 Å². The van der Waals surface area contributed by atoms with Crippen molar-refractivity contribution in [1.82, 2.24) is 9.97 Å². The van der Waals surface area contributed by atoms with Crippen LogP contribution in [0.1, 0.15) is 18.9 Å². The summed E-state index contributed by atoms with van der Waals surface area (Å²) in [6, 6.07) is 5.32. The Hall–Kier alpha value is -1.52. The number of anilines is 3. The highest BCUT2D eigenvalue weighted by Gasteiger charge is 2.11. The topological polar surface area (TPSA) is 49.8 Å². The molecule has 0 amide bonds. The second-order valence-electron chi connectivity index (χ2n) is 4.30. The smallest absolute Gasteiger partial charge is 0.139 e. The standard InChI is InChI=1S/C14H16Cl2N4/c1-3-4-10-13(17-2)18-8-19-14(10)20-12-6-5-9(15)7-11(12)16/h5-8H,3-4H2,1-2H3,(H2,17,18,19,20). The molecule has 6 heteroatoms. The SMILES string of the molecule is CCCc1c(NC)ncnc1Nc1ccc(Cl)cc1Cl. The van der Waals surface area contributed by atoms with E-state index in [-0.39, 0.29) is 0 Å². The summed E-state index contributed by atoms with van der Waals surface area (Å²) in [4.78, 5) is 8.55. The van der Waals surface area contributed by atoms with Gasteiger partial charge in [0.2, 0.25) is 0 Å². The third-order valence-corrected chi connectivity index (χ3v) is 3.41. The minimum atomic E-state index is 0.560. The van der Waals surface area contributed by atoms with Crippen molar-refractivity contribution in [2.75, 3.05) is 17.7 Å². The fourth-order valence-corrected chi connectivity index (χ4v) is 2.40. The Morgan fingerprint density at radius 3 is 2.55 bits per heavy atom. The first-order valence-corrected chi connectivity index (χ1v) is 7.15. The number of aromatic nitrogens is 2. The molecule has 0 aliphatic carbocycles. The van der Waals surface area contributed by atoms with Gasteiger partial charge >= 0.3 is 0 Å². The van der Waals surface area contributed by atoms with E-state index in [9.17, 15) is 0 Å². The Morgan fingerprint density at radius 2 is 1.90 bits per heavy atom. The lowest BCUT2D eigenvalue weighted by Gasteiger charge is -2.14. The molecule has 106 valence electrons. The van der Waals surface area contributed by atoms with Crippen LogP contribution in [0.25, 0.3) is 0 Å². The van der Waals surface area contributed by atoms with Crippen LogP contribution in [0.15, 0.2) is 24.5 Å². The van der Waals surface area contributed by atoms with Crippen LogP contribution >= 0.6 is 23.2 Å². The quantitative estimate of drug-likeness (QED) is 0.852. The molecule has 0 atom stereocenters. The van der Waals surface area contributed by atoms with Gasteiger partial charge < -0.3 is 10.6 Å². The van der Waals surface area contributed by atoms with E-state index in [4.69, 9.17) is 23.2 Å². The Kier molecular flexibility index (Phi) is 5.04. The van der Waals surface area contributed by atoms with Crippen LogP contribution in [0.2, 0.25) is 10.0 Å². The third-order valence-electron chi connectivity index (χ3n) is 2.87. The second kappa shape index (κ2) is 6.77. The van der Waals surface area contributed by atoms with Crippen molar-refractivity contribution in [3.05, 3.63) is 40.1 Å². The van der Waals surface area contributed by atoms with Crippen molar-refractivity contribution >= 4 is 40.5 Å². The zero-order chi connectivity index (χ0) is 14.5. The lowest BCUT2D eigenvalue weighted by atomic mass is 10.1. The average Bonchev–Trinajstić information content (AvgIpc) is 2.43. The zero-order valence-electron chi connectivity index (χ0n) is 11.4. The second-order valence-corrected chi connectivity index (χ2v) is 5.14. The summed E-state index contributed by atoms with van der Waals surface area (Å²) in [6.07, 6.45) is 3.41. The van der Waals surface area contributed by atoms with Gasteiger partial charge in [-0.15, -0.1) is 0 Å². The van der Waals surface area contributed by atoms with Crippen LogP contribution in [-0.4, -0.2) is 17.0 Å². The van der Waals surface area contributed by atoms with Crippen LogP contribution in [0.3, 0.4) is 0 Å². The first-order valence-electron chi connectivity index (χ1n) is 6.39. The maximum atomic E-state index is 6.18. The molecule has 0 radical (unpaired) electrons. The van der Waals surface area contributed by atoms with Crippen molar-refractivity contribution < 1.29 is 0 Å². The normalized spacial score (nSPS) is 10.4. The Bertz CT molecular complexity index is 602. The van der Waals surface area contributed by atoms with Gasteiger partial charge in [-0.1, -0.05) is 36.5 Å². The maximum absolute atomic E-state index is 6.18. The molecule has 0 unspecified atom stereocenters. The number of rotatable bonds is 5. The number of benzene rings is 1. The van der Waals surface area contributed by atoms with Gasteiger partial charge in [0.25, 0.3) is 0 Å². The van der Waals surface area contributed by atoms with E-state index in [1.165, 1.54) is 6.33 Å². The van der Waals surface area contributed by atoms with Crippen molar-refractivity contribution in [2.24, 2.45) is 0 Å². The molecule has 4 nitrogen and oxygen atoms in total. The van der Waals surface area contributed by atoms with Gasteiger partial charge in [0.05, 0.1) is 10.7 Å². The maximum Gasteiger partial charge on any atom is 0.139 e. The molecule has 1 aromatic heterocycles. The molecule has 1 aromatic carbocycles. The minimum Gasteiger partial charge on any atom is -0.373 e.